The Morgan fingerprint density at radius 1 is 1.03 bits per heavy atom. The molecular formula is C21H22N4O7. The SMILES string of the molecule is CC(OC(=O)c1ccc(N2CCCCC2)c([N+](=O)[O-])c1)C(=O)Nc1cccc([N+](=O)[O-])c1. The molecule has 1 fully saturated rings. The normalized spacial score (nSPS) is 14.3. The third-order valence-corrected chi connectivity index (χ3v) is 5.08. The van der Waals surface area contributed by atoms with Crippen LogP contribution in [0.2, 0.25) is 0 Å². The summed E-state index contributed by atoms with van der Waals surface area (Å²) in [6, 6.07) is 9.43. The van der Waals surface area contributed by atoms with Crippen LogP contribution in [-0.2, 0) is 9.53 Å². The van der Waals surface area contributed by atoms with Gasteiger partial charge in [0.25, 0.3) is 17.3 Å². The van der Waals surface area contributed by atoms with E-state index in [2.05, 4.69) is 5.32 Å². The summed E-state index contributed by atoms with van der Waals surface area (Å²) in [5.74, 6) is -1.58. The molecule has 3 rings (SSSR count). The fraction of sp³-hybridized carbons (Fsp3) is 0.333. The van der Waals surface area contributed by atoms with Gasteiger partial charge in [0.1, 0.15) is 5.69 Å². The molecule has 0 bridgehead atoms. The van der Waals surface area contributed by atoms with Crippen molar-refractivity contribution < 1.29 is 24.2 Å². The number of esters is 1. The van der Waals surface area contributed by atoms with E-state index in [1.807, 2.05) is 4.90 Å². The first-order valence-corrected chi connectivity index (χ1v) is 10.1. The zero-order valence-electron chi connectivity index (χ0n) is 17.4. The summed E-state index contributed by atoms with van der Waals surface area (Å²) < 4.78 is 5.15. The maximum Gasteiger partial charge on any atom is 0.339 e. The maximum absolute atomic E-state index is 12.5. The molecule has 11 heteroatoms. The van der Waals surface area contributed by atoms with Crippen molar-refractivity contribution in [3.63, 3.8) is 0 Å². The number of nitrogens with one attached hydrogen (secondary N) is 1. The minimum atomic E-state index is -1.23. The number of piperidine rings is 1. The van der Waals surface area contributed by atoms with Crippen molar-refractivity contribution in [2.75, 3.05) is 23.3 Å². The number of amides is 1. The van der Waals surface area contributed by atoms with Gasteiger partial charge in [-0.15, -0.1) is 0 Å². The summed E-state index contributed by atoms with van der Waals surface area (Å²) in [6.07, 6.45) is 1.73. The quantitative estimate of drug-likeness (QED) is 0.388. The zero-order valence-corrected chi connectivity index (χ0v) is 17.4. The average Bonchev–Trinajstić information content (AvgIpc) is 2.79. The number of nitrogens with zero attached hydrogens (tertiary/aromatic N) is 3. The van der Waals surface area contributed by atoms with E-state index < -0.39 is 27.8 Å². The molecule has 11 nitrogen and oxygen atoms in total. The molecule has 0 aromatic heterocycles. The van der Waals surface area contributed by atoms with Crippen LogP contribution in [0.15, 0.2) is 42.5 Å². The number of anilines is 2. The first-order valence-electron chi connectivity index (χ1n) is 10.1. The van der Waals surface area contributed by atoms with Gasteiger partial charge in [-0.2, -0.15) is 0 Å². The highest BCUT2D eigenvalue weighted by atomic mass is 16.6. The molecule has 1 unspecified atom stereocenters. The molecule has 32 heavy (non-hydrogen) atoms. The number of carbonyl (C=O) groups excluding carboxylic acids is 2. The van der Waals surface area contributed by atoms with Crippen molar-refractivity contribution in [3.05, 3.63) is 68.3 Å². The highest BCUT2D eigenvalue weighted by Crippen LogP contribution is 2.31. The van der Waals surface area contributed by atoms with Crippen LogP contribution in [0.3, 0.4) is 0 Å². The topological polar surface area (TPSA) is 145 Å². The van der Waals surface area contributed by atoms with Gasteiger partial charge in [0.05, 0.1) is 15.4 Å². The highest BCUT2D eigenvalue weighted by molar-refractivity contribution is 5.98. The van der Waals surface area contributed by atoms with Crippen molar-refractivity contribution in [1.29, 1.82) is 0 Å². The third kappa shape index (κ3) is 5.36. The number of nitro benzene ring substituents is 2. The molecule has 0 aliphatic carbocycles. The first-order chi connectivity index (χ1) is 15.3. The van der Waals surface area contributed by atoms with Crippen LogP contribution in [-0.4, -0.2) is 40.9 Å². The monoisotopic (exact) mass is 442 g/mol. The lowest BCUT2D eigenvalue weighted by Crippen LogP contribution is -2.31. The lowest BCUT2D eigenvalue weighted by molar-refractivity contribution is -0.384. The molecule has 1 N–H and O–H groups in total. The number of hydrogen-bond acceptors (Lipinski definition) is 8. The molecule has 1 aliphatic heterocycles. The van der Waals surface area contributed by atoms with Gasteiger partial charge in [-0.1, -0.05) is 6.07 Å². The summed E-state index contributed by atoms with van der Waals surface area (Å²) in [6.45, 7) is 2.75. The van der Waals surface area contributed by atoms with Gasteiger partial charge in [-0.25, -0.2) is 4.79 Å². The van der Waals surface area contributed by atoms with E-state index in [1.54, 1.807) is 0 Å². The molecule has 0 radical (unpaired) electrons. The van der Waals surface area contributed by atoms with Crippen LogP contribution >= 0.6 is 0 Å². The number of carbonyl (C=O) groups is 2. The lowest BCUT2D eigenvalue weighted by atomic mass is 10.1. The van der Waals surface area contributed by atoms with Crippen molar-refractivity contribution >= 4 is 34.6 Å². The third-order valence-electron chi connectivity index (χ3n) is 5.08. The number of non-ortho nitro benzene ring substituents is 1. The fourth-order valence-corrected chi connectivity index (χ4v) is 3.42. The molecule has 2 aromatic rings. The van der Waals surface area contributed by atoms with E-state index in [-0.39, 0.29) is 22.6 Å². The lowest BCUT2D eigenvalue weighted by Gasteiger charge is -2.28. The molecule has 2 aromatic carbocycles. The van der Waals surface area contributed by atoms with Crippen molar-refractivity contribution in [1.82, 2.24) is 0 Å². The van der Waals surface area contributed by atoms with E-state index in [0.29, 0.717) is 18.8 Å². The van der Waals surface area contributed by atoms with Crippen molar-refractivity contribution in [2.45, 2.75) is 32.3 Å². The van der Waals surface area contributed by atoms with E-state index in [9.17, 15) is 29.8 Å². The Bertz CT molecular complexity index is 1050. The van der Waals surface area contributed by atoms with Gasteiger partial charge in [-0.05, 0) is 44.4 Å². The van der Waals surface area contributed by atoms with Crippen LogP contribution in [0.4, 0.5) is 22.7 Å². The molecule has 1 heterocycles. The Labute approximate surface area is 183 Å². The van der Waals surface area contributed by atoms with Crippen LogP contribution < -0.4 is 10.2 Å². The summed E-state index contributed by atoms with van der Waals surface area (Å²) in [5.41, 5.74) is 0.174. The minimum Gasteiger partial charge on any atom is -0.449 e. The number of rotatable bonds is 7. The Hall–Kier alpha value is -4.02. The van der Waals surface area contributed by atoms with Crippen molar-refractivity contribution in [2.24, 2.45) is 0 Å². The molecule has 0 spiro atoms. The van der Waals surface area contributed by atoms with Gasteiger partial charge < -0.3 is 15.0 Å². The Balaban J connectivity index is 1.69. The molecule has 1 atom stereocenters. The minimum absolute atomic E-state index is 0.0486. The zero-order chi connectivity index (χ0) is 23.3. The number of hydrogen-bond donors (Lipinski definition) is 1. The van der Waals surface area contributed by atoms with E-state index in [4.69, 9.17) is 4.74 Å². The van der Waals surface area contributed by atoms with Crippen LogP contribution in [0, 0.1) is 20.2 Å². The first kappa shape index (κ1) is 22.7. The highest BCUT2D eigenvalue weighted by Gasteiger charge is 2.25. The van der Waals surface area contributed by atoms with Crippen LogP contribution in [0.1, 0.15) is 36.5 Å². The molecule has 1 saturated heterocycles. The Morgan fingerprint density at radius 3 is 2.41 bits per heavy atom. The van der Waals surface area contributed by atoms with E-state index in [1.165, 1.54) is 43.3 Å². The fourth-order valence-electron chi connectivity index (χ4n) is 3.42. The molecule has 1 aliphatic rings. The van der Waals surface area contributed by atoms with Gasteiger partial charge in [-0.3, -0.25) is 25.0 Å². The van der Waals surface area contributed by atoms with Gasteiger partial charge in [0.15, 0.2) is 6.10 Å². The predicted molar refractivity (Wildman–Crippen MR) is 116 cm³/mol. The van der Waals surface area contributed by atoms with Crippen molar-refractivity contribution in [3.8, 4) is 0 Å². The molecular weight excluding hydrogens is 420 g/mol. The van der Waals surface area contributed by atoms with Crippen LogP contribution in [0.5, 0.6) is 0 Å². The Kier molecular flexibility index (Phi) is 6.98. The second-order valence-electron chi connectivity index (χ2n) is 7.35. The predicted octanol–water partition coefficient (Wildman–Crippen LogP) is 3.68. The smallest absolute Gasteiger partial charge is 0.339 e. The second kappa shape index (κ2) is 9.86. The van der Waals surface area contributed by atoms with Crippen LogP contribution in [0.25, 0.3) is 0 Å². The largest absolute Gasteiger partial charge is 0.449 e. The van der Waals surface area contributed by atoms with E-state index in [0.717, 1.165) is 25.3 Å². The number of ether oxygens (including phenoxy) is 1. The maximum atomic E-state index is 12.5. The van der Waals surface area contributed by atoms with Gasteiger partial charge >= 0.3 is 5.97 Å². The molecule has 1 amide bonds. The number of benzene rings is 2. The summed E-state index contributed by atoms with van der Waals surface area (Å²) in [5, 5.41) is 24.9. The average molecular weight is 442 g/mol. The summed E-state index contributed by atoms with van der Waals surface area (Å²) in [7, 11) is 0. The second-order valence-corrected chi connectivity index (χ2v) is 7.35. The van der Waals surface area contributed by atoms with E-state index >= 15 is 0 Å². The van der Waals surface area contributed by atoms with Gasteiger partial charge in [0, 0.05) is 37.0 Å². The standard InChI is InChI=1S/C21H22N4O7/c1-14(20(26)22-16-6-5-7-17(13-16)24(28)29)32-21(27)15-8-9-18(19(12-15)25(30)31)23-10-3-2-4-11-23/h5-9,12-14H,2-4,10-11H2,1H3,(H,22,26). The molecule has 0 saturated carbocycles. The van der Waals surface area contributed by atoms with Gasteiger partial charge in [0.2, 0.25) is 0 Å². The summed E-state index contributed by atoms with van der Waals surface area (Å²) in [4.78, 5) is 48.0. The molecule has 168 valence electrons. The number of nitro groups is 2. The Morgan fingerprint density at radius 2 is 1.75 bits per heavy atom. The summed E-state index contributed by atoms with van der Waals surface area (Å²) >= 11 is 0.